The lowest BCUT2D eigenvalue weighted by atomic mass is 10.2. The van der Waals surface area contributed by atoms with Crippen molar-refractivity contribution in [3.05, 3.63) is 60.0 Å². The number of nitrogens with one attached hydrogen (secondary N) is 1. The number of thiazole rings is 1. The van der Waals surface area contributed by atoms with E-state index in [1.165, 1.54) is 11.3 Å². The van der Waals surface area contributed by atoms with Gasteiger partial charge in [-0.25, -0.2) is 9.78 Å². The van der Waals surface area contributed by atoms with Gasteiger partial charge in [0.2, 0.25) is 0 Å². The van der Waals surface area contributed by atoms with Crippen LogP contribution in [0.4, 0.5) is 10.8 Å². The minimum Gasteiger partial charge on any atom is -0.482 e. The highest BCUT2D eigenvalue weighted by molar-refractivity contribution is 7.14. The first-order valence-electron chi connectivity index (χ1n) is 6.93. The zero-order valence-electron chi connectivity index (χ0n) is 12.1. The van der Waals surface area contributed by atoms with Gasteiger partial charge in [0.25, 0.3) is 0 Å². The number of hydrogen-bond donors (Lipinski definition) is 2. The molecule has 0 radical (unpaired) electrons. The van der Waals surface area contributed by atoms with Crippen molar-refractivity contribution in [2.24, 2.45) is 0 Å². The van der Waals surface area contributed by atoms with Crippen molar-refractivity contribution in [2.75, 3.05) is 11.9 Å². The maximum Gasteiger partial charge on any atom is 0.341 e. The van der Waals surface area contributed by atoms with Gasteiger partial charge in [0, 0.05) is 16.6 Å². The highest BCUT2D eigenvalue weighted by Gasteiger charge is 2.06. The van der Waals surface area contributed by atoms with Gasteiger partial charge >= 0.3 is 5.97 Å². The third-order valence-electron chi connectivity index (χ3n) is 3.04. The molecule has 2 aromatic carbocycles. The average Bonchev–Trinajstić information content (AvgIpc) is 3.03. The summed E-state index contributed by atoms with van der Waals surface area (Å²) in [5, 5.41) is 14.6. The predicted molar refractivity (Wildman–Crippen MR) is 90.4 cm³/mol. The molecule has 0 aliphatic heterocycles. The molecule has 0 atom stereocenters. The quantitative estimate of drug-likeness (QED) is 0.716. The fourth-order valence-corrected chi connectivity index (χ4v) is 2.72. The highest BCUT2D eigenvalue weighted by atomic mass is 32.1. The molecule has 0 amide bonds. The van der Waals surface area contributed by atoms with Crippen LogP contribution in [0.3, 0.4) is 0 Å². The Hall–Kier alpha value is -2.86. The maximum absolute atomic E-state index is 10.5. The normalized spacial score (nSPS) is 10.3. The van der Waals surface area contributed by atoms with E-state index in [1.807, 2.05) is 47.8 Å². The van der Waals surface area contributed by atoms with Crippen molar-refractivity contribution in [3.63, 3.8) is 0 Å². The Bertz CT molecular complexity index is 785. The number of hydrogen-bond acceptors (Lipinski definition) is 5. The molecule has 0 spiro atoms. The van der Waals surface area contributed by atoms with Gasteiger partial charge in [0.05, 0.1) is 5.69 Å². The SMILES string of the molecule is O=C(O)COc1ccc(-c2csc(Nc3ccccc3)n2)cc1. The second-order valence-corrected chi connectivity index (χ2v) is 5.59. The molecule has 1 aromatic heterocycles. The summed E-state index contributed by atoms with van der Waals surface area (Å²) in [6.07, 6.45) is 0. The number of nitrogens with zero attached hydrogens (tertiary/aromatic N) is 1. The standard InChI is InChI=1S/C17H14N2O3S/c20-16(21)10-22-14-8-6-12(7-9-14)15-11-23-17(19-15)18-13-4-2-1-3-5-13/h1-9,11H,10H2,(H,18,19)(H,20,21). The monoisotopic (exact) mass is 326 g/mol. The average molecular weight is 326 g/mol. The van der Waals surface area contributed by atoms with Gasteiger partial charge in [-0.3, -0.25) is 0 Å². The van der Waals surface area contributed by atoms with Crippen molar-refractivity contribution in [2.45, 2.75) is 0 Å². The third-order valence-corrected chi connectivity index (χ3v) is 3.80. The molecular formula is C17H14N2O3S. The second-order valence-electron chi connectivity index (χ2n) is 4.74. The Labute approximate surface area is 137 Å². The van der Waals surface area contributed by atoms with E-state index in [2.05, 4.69) is 10.3 Å². The van der Waals surface area contributed by atoms with Crippen LogP contribution in [0.1, 0.15) is 0 Å². The molecule has 0 fully saturated rings. The number of para-hydroxylation sites is 1. The Morgan fingerprint density at radius 2 is 1.87 bits per heavy atom. The number of carboxylic acids is 1. The molecule has 23 heavy (non-hydrogen) atoms. The third kappa shape index (κ3) is 4.08. The van der Waals surface area contributed by atoms with E-state index in [0.717, 1.165) is 22.1 Å². The molecule has 6 heteroatoms. The summed E-state index contributed by atoms with van der Waals surface area (Å²) in [5.74, 6) is -0.473. The number of benzene rings is 2. The first-order valence-corrected chi connectivity index (χ1v) is 7.81. The number of aliphatic carboxylic acids is 1. The molecule has 0 saturated carbocycles. The predicted octanol–water partition coefficient (Wildman–Crippen LogP) is 4.02. The molecular weight excluding hydrogens is 312 g/mol. The number of aromatic nitrogens is 1. The van der Waals surface area contributed by atoms with Gasteiger partial charge < -0.3 is 15.2 Å². The second kappa shape index (κ2) is 6.93. The van der Waals surface area contributed by atoms with Crippen LogP contribution in [0.25, 0.3) is 11.3 Å². The summed E-state index contributed by atoms with van der Waals surface area (Å²) in [5.41, 5.74) is 2.80. The lowest BCUT2D eigenvalue weighted by Crippen LogP contribution is -2.09. The van der Waals surface area contributed by atoms with E-state index < -0.39 is 5.97 Å². The minimum atomic E-state index is -0.995. The Morgan fingerprint density at radius 1 is 1.13 bits per heavy atom. The van der Waals surface area contributed by atoms with Crippen molar-refractivity contribution < 1.29 is 14.6 Å². The first kappa shape index (κ1) is 15.1. The summed E-state index contributed by atoms with van der Waals surface area (Å²) in [6.45, 7) is -0.346. The molecule has 2 N–H and O–H groups in total. The number of carboxylic acid groups (broad SMARTS) is 1. The van der Waals surface area contributed by atoms with Crippen LogP contribution in [0, 0.1) is 0 Å². The zero-order valence-corrected chi connectivity index (χ0v) is 12.9. The van der Waals surface area contributed by atoms with Gasteiger partial charge in [-0.05, 0) is 36.4 Å². The van der Waals surface area contributed by atoms with Crippen molar-refractivity contribution in [1.82, 2.24) is 4.98 Å². The van der Waals surface area contributed by atoms with Crippen molar-refractivity contribution in [1.29, 1.82) is 0 Å². The molecule has 0 unspecified atom stereocenters. The number of anilines is 2. The van der Waals surface area contributed by atoms with Crippen LogP contribution in [-0.4, -0.2) is 22.7 Å². The summed E-state index contributed by atoms with van der Waals surface area (Å²) < 4.78 is 5.11. The fourth-order valence-electron chi connectivity index (χ4n) is 1.98. The number of ether oxygens (including phenoxy) is 1. The summed E-state index contributed by atoms with van der Waals surface area (Å²) >= 11 is 1.53. The van der Waals surface area contributed by atoms with Crippen molar-refractivity contribution >= 4 is 28.1 Å². The Morgan fingerprint density at radius 3 is 2.57 bits per heavy atom. The lowest BCUT2D eigenvalue weighted by Gasteiger charge is -2.04. The van der Waals surface area contributed by atoms with Crippen molar-refractivity contribution in [3.8, 4) is 17.0 Å². The molecule has 3 rings (SSSR count). The van der Waals surface area contributed by atoms with Crippen LogP contribution in [0.2, 0.25) is 0 Å². The van der Waals surface area contributed by atoms with Crippen LogP contribution < -0.4 is 10.1 Å². The van der Waals surface area contributed by atoms with E-state index in [0.29, 0.717) is 5.75 Å². The maximum atomic E-state index is 10.5. The molecule has 5 nitrogen and oxygen atoms in total. The van der Waals surface area contributed by atoms with Crippen LogP contribution in [-0.2, 0) is 4.79 Å². The van der Waals surface area contributed by atoms with E-state index in [1.54, 1.807) is 12.1 Å². The molecule has 1 heterocycles. The van der Waals surface area contributed by atoms with E-state index in [-0.39, 0.29) is 6.61 Å². The smallest absolute Gasteiger partial charge is 0.341 e. The fraction of sp³-hybridized carbons (Fsp3) is 0.0588. The van der Waals surface area contributed by atoms with Gasteiger partial charge in [-0.2, -0.15) is 0 Å². The molecule has 3 aromatic rings. The van der Waals surface area contributed by atoms with Gasteiger partial charge in [0.15, 0.2) is 11.7 Å². The van der Waals surface area contributed by atoms with Gasteiger partial charge in [-0.15, -0.1) is 11.3 Å². The summed E-state index contributed by atoms with van der Waals surface area (Å²) in [6, 6.07) is 17.1. The number of rotatable bonds is 6. The van der Waals surface area contributed by atoms with Crippen LogP contribution >= 0.6 is 11.3 Å². The van der Waals surface area contributed by atoms with E-state index in [4.69, 9.17) is 9.84 Å². The first-order chi connectivity index (χ1) is 11.2. The molecule has 0 aliphatic carbocycles. The van der Waals surface area contributed by atoms with Crippen LogP contribution in [0.15, 0.2) is 60.0 Å². The van der Waals surface area contributed by atoms with E-state index in [9.17, 15) is 4.79 Å². The topological polar surface area (TPSA) is 71.5 Å². The number of carbonyl (C=O) groups is 1. The van der Waals surface area contributed by atoms with Gasteiger partial charge in [-0.1, -0.05) is 18.2 Å². The molecule has 116 valence electrons. The Kier molecular flexibility index (Phi) is 4.54. The molecule has 0 saturated heterocycles. The largest absolute Gasteiger partial charge is 0.482 e. The van der Waals surface area contributed by atoms with E-state index >= 15 is 0 Å². The Balaban J connectivity index is 1.69. The van der Waals surface area contributed by atoms with Gasteiger partial charge in [0.1, 0.15) is 5.75 Å². The summed E-state index contributed by atoms with van der Waals surface area (Å²) in [4.78, 5) is 15.0. The lowest BCUT2D eigenvalue weighted by molar-refractivity contribution is -0.139. The summed E-state index contributed by atoms with van der Waals surface area (Å²) in [7, 11) is 0. The van der Waals surface area contributed by atoms with Crippen LogP contribution in [0.5, 0.6) is 5.75 Å². The molecule has 0 bridgehead atoms. The zero-order chi connectivity index (χ0) is 16.1. The molecule has 0 aliphatic rings. The minimum absolute atomic E-state index is 0.346. The highest BCUT2D eigenvalue weighted by Crippen LogP contribution is 2.28.